The maximum Gasteiger partial charge on any atom is 0.258 e. The minimum Gasteiger partial charge on any atom is -0.328 e. The molecule has 0 amide bonds. The van der Waals surface area contributed by atoms with Crippen LogP contribution >= 0.6 is 11.8 Å². The van der Waals surface area contributed by atoms with Crippen LogP contribution in [0.5, 0.6) is 0 Å². The molecule has 0 radical (unpaired) electrons. The lowest BCUT2D eigenvalue weighted by Crippen LogP contribution is -2.15. The number of aromatic amines is 1. The molecule has 2 aromatic rings. The number of nitrogens with zero attached hydrogens (tertiary/aromatic N) is 1. The van der Waals surface area contributed by atoms with E-state index in [1.54, 1.807) is 17.8 Å². The maximum absolute atomic E-state index is 11.8. The molecule has 0 saturated carbocycles. The van der Waals surface area contributed by atoms with Gasteiger partial charge in [0.25, 0.3) is 5.56 Å². The van der Waals surface area contributed by atoms with E-state index in [1.165, 1.54) is 0 Å². The van der Waals surface area contributed by atoms with Crippen LogP contribution in [0.3, 0.4) is 0 Å². The summed E-state index contributed by atoms with van der Waals surface area (Å²) in [5.74, 6) is 2.43. The fourth-order valence-corrected chi connectivity index (χ4v) is 2.65. The van der Waals surface area contributed by atoms with Gasteiger partial charge in [-0.15, -0.1) is 0 Å². The summed E-state index contributed by atoms with van der Waals surface area (Å²) in [4.78, 5) is 19.1. The topological polar surface area (TPSA) is 71.8 Å². The number of H-pyrrole nitrogens is 1. The van der Waals surface area contributed by atoms with E-state index < -0.39 is 0 Å². The fourth-order valence-electron chi connectivity index (χ4n) is 1.64. The Hall–Kier alpha value is -1.33. The van der Waals surface area contributed by atoms with Crippen molar-refractivity contribution in [2.75, 3.05) is 5.75 Å². The van der Waals surface area contributed by atoms with E-state index in [0.717, 1.165) is 23.5 Å². The number of hydrogen-bond donors (Lipinski definition) is 2. The average Bonchev–Trinajstić information content (AvgIpc) is 2.35. The molecule has 1 unspecified atom stereocenters. The van der Waals surface area contributed by atoms with E-state index in [4.69, 9.17) is 5.73 Å². The van der Waals surface area contributed by atoms with Gasteiger partial charge in [-0.2, -0.15) is 11.8 Å². The van der Waals surface area contributed by atoms with Gasteiger partial charge in [0.15, 0.2) is 0 Å². The molecular formula is C13H17N3OS. The highest BCUT2D eigenvalue weighted by Gasteiger charge is 2.03. The van der Waals surface area contributed by atoms with Crippen LogP contribution in [0.15, 0.2) is 29.1 Å². The minimum atomic E-state index is -0.0663. The molecule has 4 nitrogen and oxygen atoms in total. The lowest BCUT2D eigenvalue weighted by atomic mass is 10.2. The Morgan fingerprint density at radius 3 is 3.00 bits per heavy atom. The van der Waals surface area contributed by atoms with Gasteiger partial charge in [-0.25, -0.2) is 4.98 Å². The minimum absolute atomic E-state index is 0.0663. The molecule has 1 aromatic carbocycles. The second-order valence-corrected chi connectivity index (χ2v) is 5.45. The van der Waals surface area contributed by atoms with Crippen LogP contribution in [-0.2, 0) is 5.75 Å². The monoisotopic (exact) mass is 263 g/mol. The normalized spacial score (nSPS) is 12.8. The van der Waals surface area contributed by atoms with Crippen LogP contribution in [0, 0.1) is 0 Å². The Morgan fingerprint density at radius 1 is 1.44 bits per heavy atom. The third-order valence-electron chi connectivity index (χ3n) is 2.62. The molecule has 0 fully saturated rings. The van der Waals surface area contributed by atoms with Crippen molar-refractivity contribution >= 4 is 22.7 Å². The molecule has 0 saturated heterocycles. The van der Waals surface area contributed by atoms with Crippen molar-refractivity contribution < 1.29 is 0 Å². The number of nitrogens with one attached hydrogen (secondary N) is 1. The molecule has 3 N–H and O–H groups in total. The second-order valence-electron chi connectivity index (χ2n) is 4.35. The van der Waals surface area contributed by atoms with Crippen molar-refractivity contribution in [2.24, 2.45) is 5.73 Å². The predicted octanol–water partition coefficient (Wildman–Crippen LogP) is 1.89. The van der Waals surface area contributed by atoms with Gasteiger partial charge >= 0.3 is 0 Å². The zero-order chi connectivity index (χ0) is 13.0. The molecule has 18 heavy (non-hydrogen) atoms. The summed E-state index contributed by atoms with van der Waals surface area (Å²) >= 11 is 1.74. The first-order chi connectivity index (χ1) is 8.66. The van der Waals surface area contributed by atoms with E-state index in [2.05, 4.69) is 9.97 Å². The van der Waals surface area contributed by atoms with Crippen molar-refractivity contribution in [1.29, 1.82) is 0 Å². The van der Waals surface area contributed by atoms with E-state index in [-0.39, 0.29) is 11.6 Å². The van der Waals surface area contributed by atoms with Crippen LogP contribution in [-0.4, -0.2) is 21.8 Å². The highest BCUT2D eigenvalue weighted by Crippen LogP contribution is 2.12. The first kappa shape index (κ1) is 13.1. The molecule has 1 aromatic heterocycles. The molecule has 0 aliphatic heterocycles. The van der Waals surface area contributed by atoms with E-state index >= 15 is 0 Å². The van der Waals surface area contributed by atoms with Gasteiger partial charge in [0.2, 0.25) is 0 Å². The Kier molecular flexibility index (Phi) is 4.38. The van der Waals surface area contributed by atoms with Crippen molar-refractivity contribution in [3.8, 4) is 0 Å². The Balaban J connectivity index is 2.08. The Morgan fingerprint density at radius 2 is 2.22 bits per heavy atom. The van der Waals surface area contributed by atoms with E-state index in [9.17, 15) is 4.79 Å². The first-order valence-electron chi connectivity index (χ1n) is 5.98. The quantitative estimate of drug-likeness (QED) is 0.808. The highest BCUT2D eigenvalue weighted by atomic mass is 32.2. The van der Waals surface area contributed by atoms with Gasteiger partial charge in [0.05, 0.1) is 16.7 Å². The smallest absolute Gasteiger partial charge is 0.258 e. The fraction of sp³-hybridized carbons (Fsp3) is 0.385. The first-order valence-corrected chi connectivity index (χ1v) is 7.13. The number of fused-ring (bicyclic) bond motifs is 1. The van der Waals surface area contributed by atoms with Crippen LogP contribution in [0.1, 0.15) is 19.2 Å². The van der Waals surface area contributed by atoms with Gasteiger partial charge in [0.1, 0.15) is 5.82 Å². The molecule has 2 rings (SSSR count). The summed E-state index contributed by atoms with van der Waals surface area (Å²) in [6.45, 7) is 2.00. The number of benzene rings is 1. The zero-order valence-electron chi connectivity index (χ0n) is 10.3. The van der Waals surface area contributed by atoms with Crippen molar-refractivity contribution in [3.63, 3.8) is 0 Å². The molecule has 0 aliphatic carbocycles. The van der Waals surface area contributed by atoms with E-state index in [0.29, 0.717) is 11.1 Å². The van der Waals surface area contributed by atoms with Gasteiger partial charge in [-0.1, -0.05) is 12.1 Å². The van der Waals surface area contributed by atoms with Crippen LogP contribution < -0.4 is 11.3 Å². The average molecular weight is 263 g/mol. The van der Waals surface area contributed by atoms with Gasteiger partial charge in [-0.3, -0.25) is 4.79 Å². The third kappa shape index (κ3) is 3.34. The second kappa shape index (κ2) is 6.02. The molecule has 96 valence electrons. The number of thioether (sulfide) groups is 1. The van der Waals surface area contributed by atoms with Gasteiger partial charge in [0, 0.05) is 6.04 Å². The molecule has 0 aliphatic rings. The molecule has 5 heteroatoms. The largest absolute Gasteiger partial charge is 0.328 e. The molecule has 1 atom stereocenters. The summed E-state index contributed by atoms with van der Waals surface area (Å²) in [5.41, 5.74) is 6.37. The number of hydrogen-bond acceptors (Lipinski definition) is 4. The Bertz CT molecular complexity index is 580. The summed E-state index contributed by atoms with van der Waals surface area (Å²) in [6.07, 6.45) is 0.975. The van der Waals surface area contributed by atoms with Crippen LogP contribution in [0.2, 0.25) is 0 Å². The summed E-state index contributed by atoms with van der Waals surface area (Å²) in [6, 6.07) is 7.61. The number of aromatic nitrogens is 2. The van der Waals surface area contributed by atoms with Crippen molar-refractivity contribution in [2.45, 2.75) is 25.1 Å². The van der Waals surface area contributed by atoms with E-state index in [1.807, 2.05) is 25.1 Å². The van der Waals surface area contributed by atoms with Crippen LogP contribution in [0.4, 0.5) is 0 Å². The number of rotatable bonds is 5. The molecule has 0 spiro atoms. The highest BCUT2D eigenvalue weighted by molar-refractivity contribution is 7.98. The number of nitrogens with two attached hydrogens (primary N) is 1. The van der Waals surface area contributed by atoms with Gasteiger partial charge in [-0.05, 0) is 31.2 Å². The zero-order valence-corrected chi connectivity index (χ0v) is 11.2. The summed E-state index contributed by atoms with van der Waals surface area (Å²) in [5, 5.41) is 0.641. The van der Waals surface area contributed by atoms with Crippen molar-refractivity contribution in [1.82, 2.24) is 9.97 Å². The molecular weight excluding hydrogens is 246 g/mol. The number of para-hydroxylation sites is 1. The molecule has 0 bridgehead atoms. The lowest BCUT2D eigenvalue weighted by molar-refractivity contribution is 0.721. The SMILES string of the molecule is CC(N)CCSCc1nc2ccccc2c(=O)[nH]1. The van der Waals surface area contributed by atoms with Crippen molar-refractivity contribution in [3.05, 3.63) is 40.4 Å². The lowest BCUT2D eigenvalue weighted by Gasteiger charge is -2.05. The third-order valence-corrected chi connectivity index (χ3v) is 3.62. The predicted molar refractivity (Wildman–Crippen MR) is 76.8 cm³/mol. The standard InChI is InChI=1S/C13H17N3OS/c1-9(14)6-7-18-8-12-15-11-5-3-2-4-10(11)13(17)16-12/h2-5,9H,6-8,14H2,1H3,(H,15,16,17). The maximum atomic E-state index is 11.8. The summed E-state index contributed by atoms with van der Waals surface area (Å²) in [7, 11) is 0. The molecule has 1 heterocycles. The van der Waals surface area contributed by atoms with Crippen LogP contribution in [0.25, 0.3) is 10.9 Å². The van der Waals surface area contributed by atoms with Gasteiger partial charge < -0.3 is 10.7 Å². The summed E-state index contributed by atoms with van der Waals surface area (Å²) < 4.78 is 0. The Labute approximate surface area is 110 Å².